The Morgan fingerprint density at radius 1 is 1.42 bits per heavy atom. The van der Waals surface area contributed by atoms with Crippen molar-refractivity contribution in [1.82, 2.24) is 0 Å². The van der Waals surface area contributed by atoms with E-state index in [4.69, 9.17) is 4.65 Å². The number of benzene rings is 1. The van der Waals surface area contributed by atoms with Crippen LogP contribution in [0.3, 0.4) is 0 Å². The quantitative estimate of drug-likeness (QED) is 0.626. The van der Waals surface area contributed by atoms with Crippen molar-refractivity contribution in [3.8, 4) is 5.75 Å². The fourth-order valence-corrected chi connectivity index (χ4v) is 2.01. The highest BCUT2D eigenvalue weighted by Crippen LogP contribution is 2.38. The Morgan fingerprint density at radius 3 is 2.68 bits per heavy atom. The first-order chi connectivity index (χ1) is 8.85. The number of hydrogen-bond acceptors (Lipinski definition) is 5. The highest BCUT2D eigenvalue weighted by molar-refractivity contribution is 6.59. The highest BCUT2D eigenvalue weighted by Gasteiger charge is 2.33. The topological polar surface area (TPSA) is 96.2 Å². The minimum Gasteiger partial charge on any atom is -0.669 e. The first-order valence-electron chi connectivity index (χ1n) is 5.46. The van der Waals surface area contributed by atoms with Gasteiger partial charge in [-0.1, -0.05) is 18.5 Å². The summed E-state index contributed by atoms with van der Waals surface area (Å²) in [4.78, 5) is 21.7. The minimum atomic E-state index is -3.22. The molecule has 2 rings (SSSR count). The minimum absolute atomic E-state index is 0.122. The second-order valence-electron chi connectivity index (χ2n) is 4.23. The zero-order valence-electron chi connectivity index (χ0n) is 9.55. The van der Waals surface area contributed by atoms with Crippen LogP contribution in [-0.2, 0) is 6.42 Å². The second kappa shape index (κ2) is 4.67. The van der Waals surface area contributed by atoms with Crippen LogP contribution < -0.4 is 4.65 Å². The molecular weight excluding hydrogens is 263 g/mol. The SMILES string of the molecule is O=NC(=O)c1c(C(F)F)ccc2c1O[B-](O)(O)CC2. The van der Waals surface area contributed by atoms with Crippen molar-refractivity contribution in [2.75, 3.05) is 0 Å². The Hall–Kier alpha value is -1.87. The predicted octanol–water partition coefficient (Wildman–Crippen LogP) is 1.39. The third-order valence-electron chi connectivity index (χ3n) is 2.90. The standard InChI is InChI=1S/C10H9BF2NO5/c12-9(13)6-2-1-5-3-4-11(16,17)19-8(5)7(6)10(15)14-18/h1-2,9,16-17H,3-4H2/q-1. The van der Waals surface area contributed by atoms with E-state index < -0.39 is 36.0 Å². The first-order valence-corrected chi connectivity index (χ1v) is 5.46. The molecule has 0 atom stereocenters. The normalized spacial score (nSPS) is 16.7. The summed E-state index contributed by atoms with van der Waals surface area (Å²) in [5.41, 5.74) is -1.09. The number of carbonyl (C=O) groups excluding carboxylic acids is 1. The van der Waals surface area contributed by atoms with E-state index in [0.29, 0.717) is 5.56 Å². The lowest BCUT2D eigenvalue weighted by Gasteiger charge is -2.37. The molecule has 102 valence electrons. The number of hydrogen-bond donors (Lipinski definition) is 2. The van der Waals surface area contributed by atoms with Crippen LogP contribution in [0.15, 0.2) is 17.3 Å². The molecule has 0 fully saturated rings. The number of nitroso groups, excluding NO2 is 1. The van der Waals surface area contributed by atoms with Gasteiger partial charge in [0.15, 0.2) is 0 Å². The van der Waals surface area contributed by atoms with Crippen LogP contribution in [0.5, 0.6) is 5.75 Å². The molecule has 0 aliphatic carbocycles. The Kier molecular flexibility index (Phi) is 3.33. The molecule has 1 amide bonds. The van der Waals surface area contributed by atoms with E-state index in [0.717, 1.165) is 6.07 Å². The fraction of sp³-hybridized carbons (Fsp3) is 0.300. The molecule has 0 spiro atoms. The van der Waals surface area contributed by atoms with Gasteiger partial charge in [0.05, 0.1) is 11.3 Å². The largest absolute Gasteiger partial charge is 0.669 e. The van der Waals surface area contributed by atoms with Crippen molar-refractivity contribution in [2.45, 2.75) is 19.2 Å². The number of nitrogens with zero attached hydrogens (tertiary/aromatic N) is 1. The van der Waals surface area contributed by atoms with Crippen molar-refractivity contribution in [3.63, 3.8) is 0 Å². The summed E-state index contributed by atoms with van der Waals surface area (Å²) in [5, 5.41) is 20.9. The van der Waals surface area contributed by atoms with Crippen molar-refractivity contribution in [2.24, 2.45) is 5.18 Å². The van der Waals surface area contributed by atoms with Crippen LogP contribution in [-0.4, -0.2) is 22.7 Å². The summed E-state index contributed by atoms with van der Waals surface area (Å²) in [5.74, 6) is -1.83. The van der Waals surface area contributed by atoms with Gasteiger partial charge in [0.1, 0.15) is 0 Å². The van der Waals surface area contributed by atoms with E-state index in [2.05, 4.69) is 5.18 Å². The van der Waals surface area contributed by atoms with E-state index in [1.54, 1.807) is 0 Å². The third-order valence-corrected chi connectivity index (χ3v) is 2.90. The van der Waals surface area contributed by atoms with Gasteiger partial charge in [0.2, 0.25) is 0 Å². The van der Waals surface area contributed by atoms with Gasteiger partial charge in [-0.2, -0.15) is 0 Å². The Morgan fingerprint density at radius 2 is 2.11 bits per heavy atom. The summed E-state index contributed by atoms with van der Waals surface area (Å²) in [7, 11) is 0. The van der Waals surface area contributed by atoms with Crippen LogP contribution in [0, 0.1) is 4.91 Å². The zero-order chi connectivity index (χ0) is 14.2. The maximum atomic E-state index is 12.8. The second-order valence-corrected chi connectivity index (χ2v) is 4.23. The molecule has 19 heavy (non-hydrogen) atoms. The van der Waals surface area contributed by atoms with Gasteiger partial charge in [0, 0.05) is 10.7 Å². The molecule has 9 heteroatoms. The van der Waals surface area contributed by atoms with Crippen molar-refractivity contribution in [1.29, 1.82) is 0 Å². The zero-order valence-corrected chi connectivity index (χ0v) is 9.55. The van der Waals surface area contributed by atoms with Gasteiger partial charge in [0.25, 0.3) is 6.43 Å². The van der Waals surface area contributed by atoms with E-state index in [9.17, 15) is 28.5 Å². The van der Waals surface area contributed by atoms with Gasteiger partial charge in [-0.3, -0.25) is 4.79 Å². The highest BCUT2D eigenvalue weighted by atomic mass is 19.3. The first kappa shape index (κ1) is 13.6. The maximum Gasteiger partial charge on any atom is 0.430 e. The van der Waals surface area contributed by atoms with E-state index in [1.165, 1.54) is 6.07 Å². The Balaban J connectivity index is 2.65. The van der Waals surface area contributed by atoms with Crippen molar-refractivity contribution < 1.29 is 28.3 Å². The van der Waals surface area contributed by atoms with Crippen LogP contribution in [0.2, 0.25) is 6.32 Å². The Bertz CT molecular complexity index is 549. The van der Waals surface area contributed by atoms with Gasteiger partial charge < -0.3 is 14.7 Å². The molecule has 6 nitrogen and oxygen atoms in total. The smallest absolute Gasteiger partial charge is 0.430 e. The lowest BCUT2D eigenvalue weighted by Crippen LogP contribution is -2.45. The van der Waals surface area contributed by atoms with E-state index in [-0.39, 0.29) is 12.7 Å². The molecule has 1 aliphatic heterocycles. The molecule has 0 aromatic heterocycles. The molecule has 0 saturated carbocycles. The summed E-state index contributed by atoms with van der Waals surface area (Å²) < 4.78 is 30.4. The van der Waals surface area contributed by atoms with Gasteiger partial charge in [-0.15, -0.1) is 4.91 Å². The summed E-state index contributed by atoms with van der Waals surface area (Å²) >= 11 is 0. The van der Waals surface area contributed by atoms with Crippen LogP contribution in [0.4, 0.5) is 8.78 Å². The maximum absolute atomic E-state index is 12.8. The number of alkyl halides is 2. The van der Waals surface area contributed by atoms with Crippen LogP contribution in [0.1, 0.15) is 27.9 Å². The summed E-state index contributed by atoms with van der Waals surface area (Å²) in [6.45, 7) is -3.22. The third kappa shape index (κ3) is 2.47. The molecular formula is C10H9BF2NO5-. The fourth-order valence-electron chi connectivity index (χ4n) is 2.01. The van der Waals surface area contributed by atoms with E-state index in [1.807, 2.05) is 0 Å². The van der Waals surface area contributed by atoms with Gasteiger partial charge in [-0.05, 0) is 12.0 Å². The molecule has 1 aromatic rings. The molecule has 1 heterocycles. The average molecular weight is 272 g/mol. The molecule has 0 bridgehead atoms. The lowest BCUT2D eigenvalue weighted by molar-refractivity contribution is 0.0982. The molecule has 2 N–H and O–H groups in total. The number of aryl methyl sites for hydroxylation is 1. The van der Waals surface area contributed by atoms with Gasteiger partial charge >= 0.3 is 12.7 Å². The Labute approximate surface area is 106 Å². The lowest BCUT2D eigenvalue weighted by atomic mass is 9.70. The average Bonchev–Trinajstić information content (AvgIpc) is 2.35. The number of amides is 1. The van der Waals surface area contributed by atoms with E-state index >= 15 is 0 Å². The number of fused-ring (bicyclic) bond motifs is 1. The van der Waals surface area contributed by atoms with Crippen molar-refractivity contribution >= 4 is 12.7 Å². The molecule has 0 unspecified atom stereocenters. The number of rotatable bonds is 2. The molecule has 1 aromatic carbocycles. The summed E-state index contributed by atoms with van der Waals surface area (Å²) in [6, 6.07) is 2.30. The number of halogens is 2. The summed E-state index contributed by atoms with van der Waals surface area (Å²) in [6.07, 6.45) is -3.01. The van der Waals surface area contributed by atoms with Crippen molar-refractivity contribution in [3.05, 3.63) is 33.7 Å². The van der Waals surface area contributed by atoms with Gasteiger partial charge in [-0.25, -0.2) is 8.78 Å². The molecule has 0 saturated heterocycles. The monoisotopic (exact) mass is 272 g/mol. The number of carbonyl (C=O) groups is 1. The predicted molar refractivity (Wildman–Crippen MR) is 60.9 cm³/mol. The molecule has 1 aliphatic rings. The molecule has 0 radical (unpaired) electrons. The van der Waals surface area contributed by atoms with Crippen LogP contribution in [0.25, 0.3) is 0 Å². The van der Waals surface area contributed by atoms with Crippen LogP contribution >= 0.6 is 0 Å².